The Bertz CT molecular complexity index is 1300. The summed E-state index contributed by atoms with van der Waals surface area (Å²) in [5, 5.41) is 5.02. The van der Waals surface area contributed by atoms with Crippen LogP contribution in [0.4, 0.5) is 11.5 Å². The number of aryl methyl sites for hydroxylation is 1. The topological polar surface area (TPSA) is 87.4 Å². The van der Waals surface area contributed by atoms with Crippen molar-refractivity contribution in [3.63, 3.8) is 0 Å². The Morgan fingerprint density at radius 1 is 1.06 bits per heavy atom. The molecule has 7 nitrogen and oxygen atoms in total. The Morgan fingerprint density at radius 3 is 2.60 bits per heavy atom. The van der Waals surface area contributed by atoms with E-state index in [9.17, 15) is 4.79 Å². The number of nitrogen functional groups attached to an aromatic ring is 1. The van der Waals surface area contributed by atoms with E-state index in [0.29, 0.717) is 12.4 Å². The molecule has 0 spiro atoms. The summed E-state index contributed by atoms with van der Waals surface area (Å²) in [6.45, 7) is 7.45. The van der Waals surface area contributed by atoms with Gasteiger partial charge in [0, 0.05) is 73.8 Å². The summed E-state index contributed by atoms with van der Waals surface area (Å²) in [6.07, 6.45) is 5.39. The van der Waals surface area contributed by atoms with Crippen LogP contribution >= 0.6 is 11.3 Å². The van der Waals surface area contributed by atoms with Gasteiger partial charge in [0.25, 0.3) is 5.91 Å². The van der Waals surface area contributed by atoms with Crippen LogP contribution in [0.5, 0.6) is 0 Å². The zero-order chi connectivity index (χ0) is 23.5. The first kappa shape index (κ1) is 24.6. The second kappa shape index (κ2) is 10.8. The summed E-state index contributed by atoms with van der Waals surface area (Å²) >= 11 is 1.60. The summed E-state index contributed by atoms with van der Waals surface area (Å²) < 4.78 is 0. The molecule has 1 saturated heterocycles. The Balaban J connectivity index is 0.00000289. The van der Waals surface area contributed by atoms with Crippen LogP contribution < -0.4 is 16.0 Å². The lowest BCUT2D eigenvalue weighted by Gasteiger charge is -2.35. The second-order valence-corrected chi connectivity index (χ2v) is 9.76. The van der Waals surface area contributed by atoms with Crippen molar-refractivity contribution in [1.29, 1.82) is 0 Å². The number of hydrogen-bond donors (Lipinski definition) is 2. The van der Waals surface area contributed by atoms with Gasteiger partial charge in [-0.2, -0.15) is 0 Å². The fraction of sp³-hybridized carbons (Fsp3) is 0.296. The number of thiophene rings is 1. The Morgan fingerprint density at radius 2 is 1.83 bits per heavy atom. The van der Waals surface area contributed by atoms with Crippen LogP contribution in [0.2, 0.25) is 0 Å². The monoisotopic (exact) mass is 488 g/mol. The van der Waals surface area contributed by atoms with Gasteiger partial charge in [0.05, 0.1) is 4.88 Å². The number of aromatic nitrogens is 2. The van der Waals surface area contributed by atoms with Crippen molar-refractivity contribution >= 4 is 39.5 Å². The van der Waals surface area contributed by atoms with Gasteiger partial charge in [0.1, 0.15) is 5.82 Å². The van der Waals surface area contributed by atoms with Gasteiger partial charge in [-0.15, -0.1) is 11.3 Å². The molecule has 0 saturated carbocycles. The number of carbonyl (C=O) groups excluding carboxylic acids is 1. The minimum absolute atomic E-state index is 0. The number of hydrogen-bond acceptors (Lipinski definition) is 7. The number of carbonyl (C=O) groups is 1. The molecule has 1 aromatic carbocycles. The Kier molecular flexibility index (Phi) is 7.63. The van der Waals surface area contributed by atoms with Crippen LogP contribution in [0, 0.1) is 6.92 Å². The number of amides is 1. The molecule has 182 valence electrons. The number of anilines is 2. The maximum absolute atomic E-state index is 12.8. The first-order chi connectivity index (χ1) is 16.6. The smallest absolute Gasteiger partial charge is 0.261 e. The van der Waals surface area contributed by atoms with E-state index in [1.807, 2.05) is 42.7 Å². The number of pyridine rings is 2. The van der Waals surface area contributed by atoms with E-state index in [4.69, 9.17) is 5.73 Å². The molecule has 8 heteroatoms. The standard InChI is InChI=1S/C26H28N6OS.CH4/c1-18-14-23(26(33)30-16-19-2-3-22-20(15-19)4-9-29-25(22)27)34-24(18)17-31-10-12-32(13-11-31)21-5-7-28-8-6-21;/h2-9,14-15H,10-13,16-17H2,1H3,(H2,27,29)(H,30,33);1H4. The fourth-order valence-corrected chi connectivity index (χ4v) is 5.47. The van der Waals surface area contributed by atoms with Gasteiger partial charge in [0.2, 0.25) is 0 Å². The van der Waals surface area contributed by atoms with Crippen LogP contribution in [0.25, 0.3) is 10.8 Å². The zero-order valence-electron chi connectivity index (χ0n) is 19.2. The van der Waals surface area contributed by atoms with Gasteiger partial charge >= 0.3 is 0 Å². The number of piperazine rings is 1. The molecule has 1 aliphatic rings. The van der Waals surface area contributed by atoms with Crippen molar-refractivity contribution in [1.82, 2.24) is 20.2 Å². The Hall–Kier alpha value is -3.49. The molecule has 0 aliphatic carbocycles. The number of nitrogens with zero attached hydrogens (tertiary/aromatic N) is 4. The molecule has 0 unspecified atom stereocenters. The highest BCUT2D eigenvalue weighted by atomic mass is 32.1. The van der Waals surface area contributed by atoms with Crippen molar-refractivity contribution in [3.05, 3.63) is 81.9 Å². The molecule has 3 aromatic heterocycles. The van der Waals surface area contributed by atoms with Crippen molar-refractivity contribution in [2.45, 2.75) is 27.4 Å². The third-order valence-corrected chi connectivity index (χ3v) is 7.55. The minimum atomic E-state index is -0.0313. The third-order valence-electron chi connectivity index (χ3n) is 6.32. The van der Waals surface area contributed by atoms with Crippen LogP contribution in [0.3, 0.4) is 0 Å². The highest BCUT2D eigenvalue weighted by Gasteiger charge is 2.20. The average Bonchev–Trinajstić information content (AvgIpc) is 3.23. The third kappa shape index (κ3) is 5.61. The number of benzene rings is 1. The van der Waals surface area contributed by atoms with E-state index in [-0.39, 0.29) is 13.3 Å². The first-order valence-corrected chi connectivity index (χ1v) is 12.3. The molecule has 0 bridgehead atoms. The highest BCUT2D eigenvalue weighted by Crippen LogP contribution is 2.25. The Labute approximate surface area is 210 Å². The van der Waals surface area contributed by atoms with Gasteiger partial charge in [-0.25, -0.2) is 4.98 Å². The molecule has 4 heterocycles. The molecule has 4 aromatic rings. The number of rotatable bonds is 6. The van der Waals surface area contributed by atoms with E-state index in [0.717, 1.165) is 53.9 Å². The molecular weight excluding hydrogens is 456 g/mol. The normalized spacial score (nSPS) is 14.0. The van der Waals surface area contributed by atoms with E-state index < -0.39 is 0 Å². The summed E-state index contributed by atoms with van der Waals surface area (Å²) in [7, 11) is 0. The maximum atomic E-state index is 12.8. The lowest BCUT2D eigenvalue weighted by Crippen LogP contribution is -2.45. The molecule has 1 fully saturated rings. The van der Waals surface area contributed by atoms with Crippen LogP contribution in [-0.4, -0.2) is 47.0 Å². The van der Waals surface area contributed by atoms with E-state index >= 15 is 0 Å². The average molecular weight is 489 g/mol. The SMILES string of the molecule is C.Cc1cc(C(=O)NCc2ccc3c(N)nccc3c2)sc1CN1CCN(c2ccncc2)CC1. The van der Waals surface area contributed by atoms with Gasteiger partial charge in [-0.3, -0.25) is 14.7 Å². The maximum Gasteiger partial charge on any atom is 0.261 e. The van der Waals surface area contributed by atoms with Crippen molar-refractivity contribution < 1.29 is 4.79 Å². The number of nitrogens with one attached hydrogen (secondary N) is 1. The van der Waals surface area contributed by atoms with Crippen LogP contribution in [-0.2, 0) is 13.1 Å². The van der Waals surface area contributed by atoms with E-state index in [1.165, 1.54) is 16.1 Å². The molecule has 1 aliphatic heterocycles. The largest absolute Gasteiger partial charge is 0.383 e. The molecule has 35 heavy (non-hydrogen) atoms. The van der Waals surface area contributed by atoms with Gasteiger partial charge in [0.15, 0.2) is 0 Å². The zero-order valence-corrected chi connectivity index (χ0v) is 20.0. The van der Waals surface area contributed by atoms with Crippen LogP contribution in [0.1, 0.15) is 33.1 Å². The summed E-state index contributed by atoms with van der Waals surface area (Å²) in [5.74, 6) is 0.490. The quantitative estimate of drug-likeness (QED) is 0.416. The summed E-state index contributed by atoms with van der Waals surface area (Å²) in [5.41, 5.74) is 9.38. The molecular formula is C27H32N6OS. The predicted molar refractivity (Wildman–Crippen MR) is 145 cm³/mol. The molecule has 0 radical (unpaired) electrons. The second-order valence-electron chi connectivity index (χ2n) is 8.62. The van der Waals surface area contributed by atoms with Crippen molar-refractivity contribution in [2.75, 3.05) is 36.8 Å². The molecule has 1 amide bonds. The summed E-state index contributed by atoms with van der Waals surface area (Å²) in [4.78, 5) is 28.0. The van der Waals surface area contributed by atoms with E-state index in [2.05, 4.69) is 44.1 Å². The van der Waals surface area contributed by atoms with Crippen molar-refractivity contribution in [3.8, 4) is 0 Å². The van der Waals surface area contributed by atoms with Crippen LogP contribution in [0.15, 0.2) is 61.1 Å². The first-order valence-electron chi connectivity index (χ1n) is 11.4. The van der Waals surface area contributed by atoms with Gasteiger partial charge < -0.3 is 16.0 Å². The molecule has 3 N–H and O–H groups in total. The fourth-order valence-electron chi connectivity index (χ4n) is 4.34. The molecule has 5 rings (SSSR count). The van der Waals surface area contributed by atoms with Gasteiger partial charge in [-0.1, -0.05) is 19.6 Å². The predicted octanol–water partition coefficient (Wildman–Crippen LogP) is 4.47. The lowest BCUT2D eigenvalue weighted by molar-refractivity contribution is 0.0955. The van der Waals surface area contributed by atoms with E-state index in [1.54, 1.807) is 17.5 Å². The number of nitrogens with two attached hydrogens (primary N) is 1. The summed E-state index contributed by atoms with van der Waals surface area (Å²) in [6, 6.07) is 14.1. The minimum Gasteiger partial charge on any atom is -0.383 e. The highest BCUT2D eigenvalue weighted by molar-refractivity contribution is 7.14. The molecule has 0 atom stereocenters. The lowest BCUT2D eigenvalue weighted by atomic mass is 10.1. The van der Waals surface area contributed by atoms with Gasteiger partial charge in [-0.05, 0) is 53.8 Å². The van der Waals surface area contributed by atoms with Crippen molar-refractivity contribution in [2.24, 2.45) is 0 Å². The number of fused-ring (bicyclic) bond motifs is 1.